The molecule has 5 rings (SSSR count). The van der Waals surface area contributed by atoms with Crippen LogP contribution in [0.4, 0.5) is 0 Å². The summed E-state index contributed by atoms with van der Waals surface area (Å²) in [6.07, 6.45) is 9.58. The molecule has 4 aromatic rings. The van der Waals surface area contributed by atoms with E-state index in [-0.39, 0.29) is 29.5 Å². The van der Waals surface area contributed by atoms with Gasteiger partial charge in [0.2, 0.25) is 0 Å². The van der Waals surface area contributed by atoms with E-state index >= 15 is 0 Å². The molecule has 0 saturated heterocycles. The van der Waals surface area contributed by atoms with E-state index in [2.05, 4.69) is 20.6 Å². The van der Waals surface area contributed by atoms with Crippen molar-refractivity contribution in [1.29, 1.82) is 0 Å². The van der Waals surface area contributed by atoms with Gasteiger partial charge in [0.15, 0.2) is 0 Å². The smallest absolute Gasteiger partial charge is 0.273 e. The molecule has 1 fully saturated rings. The van der Waals surface area contributed by atoms with Gasteiger partial charge in [-0.05, 0) is 49.2 Å². The lowest BCUT2D eigenvalue weighted by Crippen LogP contribution is -2.53. The Morgan fingerprint density at radius 1 is 0.971 bits per heavy atom. The lowest BCUT2D eigenvalue weighted by atomic mass is 9.89. The molecule has 1 aliphatic rings. The fourth-order valence-electron chi connectivity index (χ4n) is 4.55. The number of benzene rings is 2. The van der Waals surface area contributed by atoms with Crippen molar-refractivity contribution in [2.24, 2.45) is 0 Å². The first-order chi connectivity index (χ1) is 17.0. The van der Waals surface area contributed by atoms with Crippen LogP contribution in [0.1, 0.15) is 46.4 Å². The van der Waals surface area contributed by atoms with Crippen LogP contribution in [0.2, 0.25) is 5.02 Å². The molecular weight excluding hydrogens is 466 g/mol. The summed E-state index contributed by atoms with van der Waals surface area (Å²) >= 11 is 6.14. The van der Waals surface area contributed by atoms with Crippen LogP contribution in [0.15, 0.2) is 72.0 Å². The highest BCUT2D eigenvalue weighted by Gasteiger charge is 2.28. The Hall–Kier alpha value is -3.91. The third kappa shape index (κ3) is 4.83. The van der Waals surface area contributed by atoms with Crippen LogP contribution < -0.4 is 16.2 Å². The Kier molecular flexibility index (Phi) is 6.37. The molecule has 0 aliphatic heterocycles. The summed E-state index contributed by atoms with van der Waals surface area (Å²) in [6.45, 7) is 0. The molecule has 35 heavy (non-hydrogen) atoms. The monoisotopic (exact) mass is 489 g/mol. The van der Waals surface area contributed by atoms with Gasteiger partial charge in [-0.15, -0.1) is 0 Å². The van der Waals surface area contributed by atoms with Crippen LogP contribution in [0.5, 0.6) is 0 Å². The molecule has 2 heterocycles. The molecule has 2 atom stereocenters. The quantitative estimate of drug-likeness (QED) is 0.395. The molecule has 8 nitrogen and oxygen atoms in total. The van der Waals surface area contributed by atoms with Gasteiger partial charge in [-0.25, -0.2) is 0 Å². The van der Waals surface area contributed by atoms with Gasteiger partial charge in [-0.1, -0.05) is 30.5 Å². The third-order valence-electron chi connectivity index (χ3n) is 6.42. The standard InChI is InChI=1S/C26H24ClN5O3/c27-20-14-29-23-13-17(7-10-19(20)23)26(35)31-22-4-2-1-3-21(22)30-25(34)16-5-8-18(9-6-16)32-12-11-28-15-24(32)33/h5-15,21-22,29H,1-4H2,(H,30,34)(H,31,35)/t21-,22+/m0/s1. The van der Waals surface area contributed by atoms with Crippen LogP contribution in [0.25, 0.3) is 16.6 Å². The van der Waals surface area contributed by atoms with Gasteiger partial charge in [-0.3, -0.25) is 23.9 Å². The van der Waals surface area contributed by atoms with E-state index in [0.717, 1.165) is 36.6 Å². The number of amides is 2. The number of hydrogen-bond acceptors (Lipinski definition) is 4. The lowest BCUT2D eigenvalue weighted by Gasteiger charge is -2.33. The summed E-state index contributed by atoms with van der Waals surface area (Å²) in [7, 11) is 0. The minimum atomic E-state index is -0.246. The fourth-order valence-corrected chi connectivity index (χ4v) is 4.77. The Morgan fingerprint density at radius 2 is 1.63 bits per heavy atom. The zero-order valence-corrected chi connectivity index (χ0v) is 19.6. The maximum absolute atomic E-state index is 13.0. The van der Waals surface area contributed by atoms with E-state index in [1.54, 1.807) is 48.8 Å². The van der Waals surface area contributed by atoms with Gasteiger partial charge < -0.3 is 15.6 Å². The molecule has 0 bridgehead atoms. The van der Waals surface area contributed by atoms with Crippen molar-refractivity contribution in [1.82, 2.24) is 25.2 Å². The highest BCUT2D eigenvalue weighted by Crippen LogP contribution is 2.24. The van der Waals surface area contributed by atoms with Crippen LogP contribution in [-0.4, -0.2) is 38.4 Å². The molecule has 0 radical (unpaired) electrons. The van der Waals surface area contributed by atoms with Gasteiger partial charge in [0.25, 0.3) is 17.4 Å². The predicted octanol–water partition coefficient (Wildman–Crippen LogP) is 3.84. The number of fused-ring (bicyclic) bond motifs is 1. The van der Waals surface area contributed by atoms with Crippen molar-refractivity contribution in [2.45, 2.75) is 37.8 Å². The number of nitrogens with one attached hydrogen (secondary N) is 3. The second kappa shape index (κ2) is 9.76. The number of nitrogens with zero attached hydrogens (tertiary/aromatic N) is 2. The number of carbonyl (C=O) groups excluding carboxylic acids is 2. The third-order valence-corrected chi connectivity index (χ3v) is 6.74. The van der Waals surface area contributed by atoms with Crippen molar-refractivity contribution in [3.63, 3.8) is 0 Å². The molecule has 1 saturated carbocycles. The van der Waals surface area contributed by atoms with E-state index in [4.69, 9.17) is 11.6 Å². The number of aromatic amines is 1. The van der Waals surface area contributed by atoms with Gasteiger partial charge >= 0.3 is 0 Å². The minimum absolute atomic E-state index is 0.169. The van der Waals surface area contributed by atoms with Crippen molar-refractivity contribution in [3.8, 4) is 5.69 Å². The number of aromatic nitrogens is 3. The second-order valence-corrected chi connectivity index (χ2v) is 9.08. The summed E-state index contributed by atoms with van der Waals surface area (Å²) in [6, 6.07) is 11.8. The fraction of sp³-hybridized carbons (Fsp3) is 0.231. The molecule has 2 aromatic heterocycles. The van der Waals surface area contributed by atoms with E-state index < -0.39 is 0 Å². The van der Waals surface area contributed by atoms with E-state index in [0.29, 0.717) is 21.8 Å². The summed E-state index contributed by atoms with van der Waals surface area (Å²) in [4.78, 5) is 44.8. The summed E-state index contributed by atoms with van der Waals surface area (Å²) in [5.74, 6) is -0.400. The van der Waals surface area contributed by atoms with E-state index in [1.807, 2.05) is 6.07 Å². The second-order valence-electron chi connectivity index (χ2n) is 8.67. The Labute approximate surface area is 206 Å². The number of hydrogen-bond donors (Lipinski definition) is 3. The first kappa shape index (κ1) is 22.9. The number of carbonyl (C=O) groups is 2. The molecule has 3 N–H and O–H groups in total. The maximum Gasteiger partial charge on any atom is 0.273 e. The Morgan fingerprint density at radius 3 is 2.31 bits per heavy atom. The van der Waals surface area contributed by atoms with Crippen molar-refractivity contribution >= 4 is 34.3 Å². The van der Waals surface area contributed by atoms with Crippen molar-refractivity contribution in [2.75, 3.05) is 0 Å². The van der Waals surface area contributed by atoms with Crippen LogP contribution >= 0.6 is 11.6 Å². The average Bonchev–Trinajstić information content (AvgIpc) is 3.25. The number of H-pyrrole nitrogens is 1. The molecule has 0 unspecified atom stereocenters. The number of halogens is 1. The first-order valence-electron chi connectivity index (χ1n) is 11.5. The zero-order valence-electron chi connectivity index (χ0n) is 18.8. The molecule has 2 amide bonds. The summed E-state index contributed by atoms with van der Waals surface area (Å²) < 4.78 is 1.46. The molecule has 9 heteroatoms. The van der Waals surface area contributed by atoms with Gasteiger partial charge in [-0.2, -0.15) is 0 Å². The largest absolute Gasteiger partial charge is 0.360 e. The van der Waals surface area contributed by atoms with Crippen LogP contribution in [0, 0.1) is 0 Å². The van der Waals surface area contributed by atoms with Crippen LogP contribution in [0.3, 0.4) is 0 Å². The van der Waals surface area contributed by atoms with E-state index in [1.165, 1.54) is 17.0 Å². The van der Waals surface area contributed by atoms with E-state index in [9.17, 15) is 14.4 Å². The number of rotatable bonds is 5. The molecule has 178 valence electrons. The van der Waals surface area contributed by atoms with Gasteiger partial charge in [0, 0.05) is 58.4 Å². The highest BCUT2D eigenvalue weighted by atomic mass is 35.5. The lowest BCUT2D eigenvalue weighted by molar-refractivity contribution is 0.0863. The molecule has 2 aromatic carbocycles. The molecule has 1 aliphatic carbocycles. The zero-order chi connectivity index (χ0) is 24.4. The predicted molar refractivity (Wildman–Crippen MR) is 134 cm³/mol. The van der Waals surface area contributed by atoms with Crippen molar-refractivity contribution < 1.29 is 9.59 Å². The SMILES string of the molecule is O=C(N[C@H]1CCCC[C@H]1NC(=O)c1ccc2c(Cl)c[nH]c2c1)c1ccc(-n2ccncc2=O)cc1. The maximum atomic E-state index is 13.0. The van der Waals surface area contributed by atoms with Crippen LogP contribution in [-0.2, 0) is 0 Å². The van der Waals surface area contributed by atoms with Gasteiger partial charge in [0.05, 0.1) is 11.2 Å². The molecule has 0 spiro atoms. The summed E-state index contributed by atoms with van der Waals surface area (Å²) in [5.41, 5.74) is 2.23. The van der Waals surface area contributed by atoms with Gasteiger partial charge in [0.1, 0.15) is 0 Å². The Bertz CT molecular complexity index is 1440. The first-order valence-corrected chi connectivity index (χ1v) is 11.9. The topological polar surface area (TPSA) is 109 Å². The van der Waals surface area contributed by atoms with Crippen molar-refractivity contribution in [3.05, 3.63) is 93.8 Å². The Balaban J connectivity index is 1.27. The minimum Gasteiger partial charge on any atom is -0.360 e. The normalized spacial score (nSPS) is 17.7. The average molecular weight is 490 g/mol. The highest BCUT2D eigenvalue weighted by molar-refractivity contribution is 6.35. The summed E-state index contributed by atoms with van der Waals surface area (Å²) in [5, 5.41) is 7.68. The molecular formula is C26H24ClN5O3.